The van der Waals surface area contributed by atoms with Crippen LogP contribution in [0.25, 0.3) is 0 Å². The maximum absolute atomic E-state index is 12.0. The van der Waals surface area contributed by atoms with Crippen molar-refractivity contribution in [1.82, 2.24) is 10.2 Å². The molecule has 1 fully saturated rings. The molecule has 2 amide bonds. The molecule has 2 rings (SSSR count). The smallest absolute Gasteiger partial charge is 0.317 e. The Bertz CT molecular complexity index is 505. The number of aryl methyl sites for hydroxylation is 2. The Balaban J connectivity index is 1.94. The summed E-state index contributed by atoms with van der Waals surface area (Å²) >= 11 is 6.40. The molecule has 22 heavy (non-hydrogen) atoms. The second-order valence-electron chi connectivity index (χ2n) is 5.61. The molecule has 0 saturated carbocycles. The van der Waals surface area contributed by atoms with E-state index in [1.165, 1.54) is 11.1 Å². The van der Waals surface area contributed by atoms with Crippen LogP contribution in [0.5, 0.6) is 0 Å². The standard InChI is InChI=1S/C16H24ClN3O2/c1-12-10-13(2)15(14(17)11-12)19-5-7-20(8-6-19)16(21)18-4-9-22-3/h10-11H,4-9H2,1-3H3,(H,18,21). The molecule has 1 aromatic carbocycles. The number of hydrogen-bond acceptors (Lipinski definition) is 3. The Morgan fingerprint density at radius 3 is 2.55 bits per heavy atom. The summed E-state index contributed by atoms with van der Waals surface area (Å²) in [5.41, 5.74) is 3.44. The van der Waals surface area contributed by atoms with Gasteiger partial charge < -0.3 is 19.9 Å². The van der Waals surface area contributed by atoms with Crippen LogP contribution in [0.3, 0.4) is 0 Å². The number of piperazine rings is 1. The third kappa shape index (κ3) is 4.05. The summed E-state index contributed by atoms with van der Waals surface area (Å²) in [7, 11) is 1.62. The zero-order valence-corrected chi connectivity index (χ0v) is 14.2. The number of anilines is 1. The van der Waals surface area contributed by atoms with Crippen LogP contribution in [0, 0.1) is 13.8 Å². The summed E-state index contributed by atoms with van der Waals surface area (Å²) in [6, 6.07) is 4.11. The van der Waals surface area contributed by atoms with Gasteiger partial charge in [0.1, 0.15) is 0 Å². The summed E-state index contributed by atoms with van der Waals surface area (Å²) in [5.74, 6) is 0. The number of nitrogens with zero attached hydrogens (tertiary/aromatic N) is 2. The number of benzene rings is 1. The molecular formula is C16H24ClN3O2. The molecule has 1 aliphatic rings. The van der Waals surface area contributed by atoms with Gasteiger partial charge in [-0.25, -0.2) is 4.79 Å². The number of methoxy groups -OCH3 is 1. The number of rotatable bonds is 4. The molecular weight excluding hydrogens is 302 g/mol. The van der Waals surface area contributed by atoms with Crippen molar-refractivity contribution >= 4 is 23.3 Å². The van der Waals surface area contributed by atoms with Crippen LogP contribution < -0.4 is 10.2 Å². The molecule has 5 nitrogen and oxygen atoms in total. The Morgan fingerprint density at radius 1 is 1.27 bits per heavy atom. The van der Waals surface area contributed by atoms with Crippen LogP contribution in [-0.2, 0) is 4.74 Å². The normalized spacial score (nSPS) is 15.1. The van der Waals surface area contributed by atoms with Gasteiger partial charge in [0, 0.05) is 39.8 Å². The van der Waals surface area contributed by atoms with Crippen molar-refractivity contribution in [2.75, 3.05) is 51.3 Å². The summed E-state index contributed by atoms with van der Waals surface area (Å²) in [4.78, 5) is 16.1. The molecule has 122 valence electrons. The highest BCUT2D eigenvalue weighted by Crippen LogP contribution is 2.31. The highest BCUT2D eigenvalue weighted by atomic mass is 35.5. The Labute approximate surface area is 137 Å². The van der Waals surface area contributed by atoms with Crippen LogP contribution in [0.4, 0.5) is 10.5 Å². The molecule has 0 radical (unpaired) electrons. The van der Waals surface area contributed by atoms with Gasteiger partial charge in [-0.15, -0.1) is 0 Å². The van der Waals surface area contributed by atoms with E-state index in [-0.39, 0.29) is 6.03 Å². The van der Waals surface area contributed by atoms with Gasteiger partial charge in [-0.05, 0) is 31.0 Å². The van der Waals surface area contributed by atoms with Gasteiger partial charge in [-0.3, -0.25) is 0 Å². The van der Waals surface area contributed by atoms with Crippen LogP contribution in [0.15, 0.2) is 12.1 Å². The molecule has 1 aromatic rings. The Hall–Kier alpha value is -1.46. The number of ether oxygens (including phenoxy) is 1. The SMILES string of the molecule is COCCNC(=O)N1CCN(c2c(C)cc(C)cc2Cl)CC1. The predicted octanol–water partition coefficient (Wildman–Crippen LogP) is 2.43. The quantitative estimate of drug-likeness (QED) is 0.865. The van der Waals surface area contributed by atoms with Crippen molar-refractivity contribution in [3.63, 3.8) is 0 Å². The first kappa shape index (κ1) is 16.9. The second-order valence-corrected chi connectivity index (χ2v) is 6.02. The van der Waals surface area contributed by atoms with Crippen LogP contribution in [0.2, 0.25) is 5.02 Å². The molecule has 1 heterocycles. The van der Waals surface area contributed by atoms with E-state index in [1.807, 2.05) is 17.9 Å². The number of carbonyl (C=O) groups excluding carboxylic acids is 1. The maximum Gasteiger partial charge on any atom is 0.317 e. The summed E-state index contributed by atoms with van der Waals surface area (Å²) < 4.78 is 4.93. The fraction of sp³-hybridized carbons (Fsp3) is 0.562. The molecule has 0 atom stereocenters. The third-order valence-electron chi connectivity index (χ3n) is 3.86. The fourth-order valence-electron chi connectivity index (χ4n) is 2.81. The molecule has 1 saturated heterocycles. The molecule has 0 bridgehead atoms. The van der Waals surface area contributed by atoms with Crippen molar-refractivity contribution in [3.8, 4) is 0 Å². The minimum atomic E-state index is -0.0246. The van der Waals surface area contributed by atoms with Crippen molar-refractivity contribution in [2.45, 2.75) is 13.8 Å². The second kappa shape index (κ2) is 7.70. The van der Waals surface area contributed by atoms with Crippen molar-refractivity contribution in [3.05, 3.63) is 28.3 Å². The highest BCUT2D eigenvalue weighted by Gasteiger charge is 2.23. The lowest BCUT2D eigenvalue weighted by Gasteiger charge is -2.37. The molecule has 6 heteroatoms. The van der Waals surface area contributed by atoms with E-state index in [1.54, 1.807) is 7.11 Å². The number of carbonyl (C=O) groups is 1. The van der Waals surface area contributed by atoms with Gasteiger partial charge in [0.25, 0.3) is 0 Å². The van der Waals surface area contributed by atoms with E-state index in [0.29, 0.717) is 26.2 Å². The number of amides is 2. The van der Waals surface area contributed by atoms with E-state index >= 15 is 0 Å². The fourth-order valence-corrected chi connectivity index (χ4v) is 3.25. The lowest BCUT2D eigenvalue weighted by molar-refractivity contribution is 0.177. The molecule has 0 unspecified atom stereocenters. The molecule has 0 spiro atoms. The predicted molar refractivity (Wildman–Crippen MR) is 90.0 cm³/mol. The van der Waals surface area contributed by atoms with Crippen molar-refractivity contribution in [2.24, 2.45) is 0 Å². The summed E-state index contributed by atoms with van der Waals surface area (Å²) in [5, 5.41) is 3.64. The Morgan fingerprint density at radius 2 is 1.95 bits per heavy atom. The molecule has 0 aromatic heterocycles. The zero-order chi connectivity index (χ0) is 16.1. The van der Waals surface area contributed by atoms with E-state index in [9.17, 15) is 4.79 Å². The molecule has 0 aliphatic carbocycles. The molecule has 1 N–H and O–H groups in total. The first-order valence-electron chi connectivity index (χ1n) is 7.56. The Kier molecular flexibility index (Phi) is 5.91. The minimum absolute atomic E-state index is 0.0246. The van der Waals surface area contributed by atoms with E-state index in [2.05, 4.69) is 23.2 Å². The average Bonchev–Trinajstić information content (AvgIpc) is 2.47. The number of nitrogens with one attached hydrogen (secondary N) is 1. The topological polar surface area (TPSA) is 44.8 Å². The van der Waals surface area contributed by atoms with Crippen molar-refractivity contribution in [1.29, 1.82) is 0 Å². The highest BCUT2D eigenvalue weighted by molar-refractivity contribution is 6.33. The first-order valence-corrected chi connectivity index (χ1v) is 7.94. The van der Waals surface area contributed by atoms with Crippen molar-refractivity contribution < 1.29 is 9.53 Å². The van der Waals surface area contributed by atoms with Crippen LogP contribution >= 0.6 is 11.6 Å². The van der Waals surface area contributed by atoms with E-state index in [4.69, 9.17) is 16.3 Å². The minimum Gasteiger partial charge on any atom is -0.383 e. The van der Waals surface area contributed by atoms with Gasteiger partial charge >= 0.3 is 6.03 Å². The number of urea groups is 1. The van der Waals surface area contributed by atoms with Gasteiger partial charge in [0.05, 0.1) is 17.3 Å². The summed E-state index contributed by atoms with van der Waals surface area (Å²) in [6.07, 6.45) is 0. The van der Waals surface area contributed by atoms with E-state index < -0.39 is 0 Å². The van der Waals surface area contributed by atoms with Gasteiger partial charge in [-0.2, -0.15) is 0 Å². The van der Waals surface area contributed by atoms with Gasteiger partial charge in [0.2, 0.25) is 0 Å². The average molecular weight is 326 g/mol. The number of halogens is 1. The van der Waals surface area contributed by atoms with E-state index in [0.717, 1.165) is 23.8 Å². The zero-order valence-electron chi connectivity index (χ0n) is 13.5. The van der Waals surface area contributed by atoms with Crippen LogP contribution in [-0.4, -0.2) is 57.4 Å². The van der Waals surface area contributed by atoms with Gasteiger partial charge in [0.15, 0.2) is 0 Å². The lowest BCUT2D eigenvalue weighted by Crippen LogP contribution is -2.52. The third-order valence-corrected chi connectivity index (χ3v) is 4.15. The molecule has 1 aliphatic heterocycles. The maximum atomic E-state index is 12.0. The largest absolute Gasteiger partial charge is 0.383 e. The van der Waals surface area contributed by atoms with Gasteiger partial charge in [-0.1, -0.05) is 17.7 Å². The first-order chi connectivity index (χ1) is 10.5. The van der Waals surface area contributed by atoms with Crippen LogP contribution in [0.1, 0.15) is 11.1 Å². The summed E-state index contributed by atoms with van der Waals surface area (Å²) in [6.45, 7) is 8.18. The number of hydrogen-bond donors (Lipinski definition) is 1. The lowest BCUT2D eigenvalue weighted by atomic mass is 10.1. The monoisotopic (exact) mass is 325 g/mol.